The van der Waals surface area contributed by atoms with Crippen LogP contribution in [0.15, 0.2) is 0 Å². The molecule has 0 bridgehead atoms. The lowest BCUT2D eigenvalue weighted by Crippen LogP contribution is -2.53. The highest BCUT2D eigenvalue weighted by Gasteiger charge is 2.30. The smallest absolute Gasteiger partial charge is 0.317 e. The molecule has 5 nitrogen and oxygen atoms in total. The monoisotopic (exact) mass is 256 g/mol. The average molecular weight is 256 g/mol. The van der Waals surface area contributed by atoms with Crippen molar-refractivity contribution in [3.05, 3.63) is 0 Å². The SMILES string of the molecule is CC1CC(NC(=O)C(C)(C)C)CN(CC(=O)O)C1. The molecule has 5 heteroatoms. The van der Waals surface area contributed by atoms with Crippen LogP contribution in [-0.2, 0) is 9.59 Å². The minimum atomic E-state index is -0.815. The van der Waals surface area contributed by atoms with E-state index >= 15 is 0 Å². The Kier molecular flexibility index (Phi) is 4.73. The molecule has 1 fully saturated rings. The number of carboxylic acid groups (broad SMARTS) is 1. The van der Waals surface area contributed by atoms with Crippen LogP contribution in [0.3, 0.4) is 0 Å². The summed E-state index contributed by atoms with van der Waals surface area (Å²) in [7, 11) is 0. The van der Waals surface area contributed by atoms with E-state index in [0.29, 0.717) is 12.5 Å². The highest BCUT2D eigenvalue weighted by atomic mass is 16.4. The van der Waals surface area contributed by atoms with Gasteiger partial charge in [-0.25, -0.2) is 0 Å². The van der Waals surface area contributed by atoms with E-state index in [0.717, 1.165) is 13.0 Å². The van der Waals surface area contributed by atoms with E-state index in [-0.39, 0.29) is 18.5 Å². The van der Waals surface area contributed by atoms with Crippen LogP contribution in [0.2, 0.25) is 0 Å². The normalized spacial score (nSPS) is 25.8. The molecule has 0 spiro atoms. The fraction of sp³-hybridized carbons (Fsp3) is 0.846. The van der Waals surface area contributed by atoms with Crippen LogP contribution in [0.25, 0.3) is 0 Å². The summed E-state index contributed by atoms with van der Waals surface area (Å²) in [5.41, 5.74) is -0.404. The lowest BCUT2D eigenvalue weighted by Gasteiger charge is -2.37. The van der Waals surface area contributed by atoms with Crippen molar-refractivity contribution in [3.8, 4) is 0 Å². The standard InChI is InChI=1S/C13H24N2O3/c1-9-5-10(14-12(18)13(2,3)4)7-15(6-9)8-11(16)17/h9-10H,5-8H2,1-4H3,(H,14,18)(H,16,17). The highest BCUT2D eigenvalue weighted by molar-refractivity contribution is 5.81. The zero-order valence-corrected chi connectivity index (χ0v) is 11.7. The third-order valence-corrected chi connectivity index (χ3v) is 3.11. The van der Waals surface area contributed by atoms with Crippen molar-refractivity contribution in [2.45, 2.75) is 40.2 Å². The number of amides is 1. The van der Waals surface area contributed by atoms with E-state index < -0.39 is 11.4 Å². The predicted molar refractivity (Wildman–Crippen MR) is 69.2 cm³/mol. The molecule has 0 aliphatic carbocycles. The largest absolute Gasteiger partial charge is 0.480 e. The number of carbonyl (C=O) groups is 2. The maximum atomic E-state index is 11.9. The first-order valence-electron chi connectivity index (χ1n) is 6.43. The van der Waals surface area contributed by atoms with Gasteiger partial charge in [-0.2, -0.15) is 0 Å². The van der Waals surface area contributed by atoms with Crippen LogP contribution in [0, 0.1) is 11.3 Å². The molecule has 2 N–H and O–H groups in total. The van der Waals surface area contributed by atoms with E-state index in [4.69, 9.17) is 5.11 Å². The molecule has 1 aliphatic heterocycles. The van der Waals surface area contributed by atoms with Crippen LogP contribution in [-0.4, -0.2) is 47.6 Å². The Morgan fingerprint density at radius 3 is 2.44 bits per heavy atom. The topological polar surface area (TPSA) is 69.6 Å². The Balaban J connectivity index is 2.56. The molecule has 1 amide bonds. The van der Waals surface area contributed by atoms with E-state index in [2.05, 4.69) is 12.2 Å². The first kappa shape index (κ1) is 15.0. The van der Waals surface area contributed by atoms with Crippen molar-refractivity contribution in [2.24, 2.45) is 11.3 Å². The molecule has 1 rings (SSSR count). The van der Waals surface area contributed by atoms with Crippen LogP contribution in [0.4, 0.5) is 0 Å². The highest BCUT2D eigenvalue weighted by Crippen LogP contribution is 2.19. The minimum Gasteiger partial charge on any atom is -0.480 e. The summed E-state index contributed by atoms with van der Waals surface area (Å²) < 4.78 is 0. The average Bonchev–Trinajstić information content (AvgIpc) is 2.13. The van der Waals surface area contributed by atoms with Crippen molar-refractivity contribution in [3.63, 3.8) is 0 Å². The fourth-order valence-corrected chi connectivity index (χ4v) is 2.29. The van der Waals surface area contributed by atoms with Crippen molar-refractivity contribution < 1.29 is 14.7 Å². The van der Waals surface area contributed by atoms with Crippen molar-refractivity contribution >= 4 is 11.9 Å². The molecule has 1 saturated heterocycles. The van der Waals surface area contributed by atoms with Crippen molar-refractivity contribution in [1.82, 2.24) is 10.2 Å². The summed E-state index contributed by atoms with van der Waals surface area (Å²) in [5, 5.41) is 11.8. The Bertz CT molecular complexity index is 323. The van der Waals surface area contributed by atoms with E-state index in [1.165, 1.54) is 0 Å². The summed E-state index contributed by atoms with van der Waals surface area (Å²) in [6.07, 6.45) is 0.915. The Morgan fingerprint density at radius 2 is 1.94 bits per heavy atom. The van der Waals surface area contributed by atoms with Gasteiger partial charge in [0.25, 0.3) is 0 Å². The van der Waals surface area contributed by atoms with Crippen molar-refractivity contribution in [2.75, 3.05) is 19.6 Å². The number of carboxylic acids is 1. The van der Waals surface area contributed by atoms with Gasteiger partial charge in [0, 0.05) is 24.5 Å². The Hall–Kier alpha value is -1.10. The van der Waals surface area contributed by atoms with Gasteiger partial charge in [0.2, 0.25) is 5.91 Å². The van der Waals surface area contributed by atoms with Crippen LogP contribution < -0.4 is 5.32 Å². The summed E-state index contributed by atoms with van der Waals surface area (Å²) in [6.45, 7) is 9.18. The summed E-state index contributed by atoms with van der Waals surface area (Å²) in [6, 6.07) is 0.0554. The first-order chi connectivity index (χ1) is 8.18. The second-order valence-corrected chi connectivity index (χ2v) is 6.35. The molecular formula is C13H24N2O3. The zero-order valence-electron chi connectivity index (χ0n) is 11.7. The van der Waals surface area contributed by atoms with Crippen molar-refractivity contribution in [1.29, 1.82) is 0 Å². The number of rotatable bonds is 3. The maximum absolute atomic E-state index is 11.9. The lowest BCUT2D eigenvalue weighted by molar-refractivity contribution is -0.138. The quantitative estimate of drug-likeness (QED) is 0.788. The molecule has 2 atom stereocenters. The third kappa shape index (κ3) is 4.64. The number of likely N-dealkylation sites (tertiary alicyclic amines) is 1. The number of aliphatic carboxylic acids is 1. The third-order valence-electron chi connectivity index (χ3n) is 3.11. The lowest BCUT2D eigenvalue weighted by atomic mass is 9.92. The molecule has 0 aromatic rings. The van der Waals surface area contributed by atoms with Gasteiger partial charge >= 0.3 is 5.97 Å². The van der Waals surface area contributed by atoms with Gasteiger partial charge in [0.15, 0.2) is 0 Å². The van der Waals surface area contributed by atoms with Crippen LogP contribution in [0.5, 0.6) is 0 Å². The summed E-state index contributed by atoms with van der Waals surface area (Å²) >= 11 is 0. The molecular weight excluding hydrogens is 232 g/mol. The van der Waals surface area contributed by atoms with Gasteiger partial charge in [-0.3, -0.25) is 14.5 Å². The minimum absolute atomic E-state index is 0.0249. The number of nitrogens with zero attached hydrogens (tertiary/aromatic N) is 1. The van der Waals surface area contributed by atoms with Crippen LogP contribution >= 0.6 is 0 Å². The van der Waals surface area contributed by atoms with Gasteiger partial charge in [-0.05, 0) is 12.3 Å². The molecule has 18 heavy (non-hydrogen) atoms. The molecule has 104 valence electrons. The Morgan fingerprint density at radius 1 is 1.33 bits per heavy atom. The summed E-state index contributed by atoms with van der Waals surface area (Å²) in [5.74, 6) is -0.384. The predicted octanol–water partition coefficient (Wildman–Crippen LogP) is 0.944. The Labute approximate surface area is 109 Å². The van der Waals surface area contributed by atoms with Gasteiger partial charge < -0.3 is 10.4 Å². The molecule has 0 saturated carbocycles. The first-order valence-corrected chi connectivity index (χ1v) is 6.43. The van der Waals surface area contributed by atoms with E-state index in [9.17, 15) is 9.59 Å². The fourth-order valence-electron chi connectivity index (χ4n) is 2.29. The van der Waals surface area contributed by atoms with E-state index in [1.54, 1.807) is 0 Å². The number of hydrogen-bond acceptors (Lipinski definition) is 3. The van der Waals surface area contributed by atoms with Gasteiger partial charge in [-0.15, -0.1) is 0 Å². The van der Waals surface area contributed by atoms with Gasteiger partial charge in [-0.1, -0.05) is 27.7 Å². The number of piperidine rings is 1. The second kappa shape index (κ2) is 5.69. The number of nitrogens with one attached hydrogen (secondary N) is 1. The molecule has 1 aliphatic rings. The molecule has 0 aromatic carbocycles. The van der Waals surface area contributed by atoms with Gasteiger partial charge in [0.1, 0.15) is 0 Å². The maximum Gasteiger partial charge on any atom is 0.317 e. The van der Waals surface area contributed by atoms with Gasteiger partial charge in [0.05, 0.1) is 6.54 Å². The summed E-state index contributed by atoms with van der Waals surface area (Å²) in [4.78, 5) is 24.5. The molecule has 2 unspecified atom stereocenters. The number of carbonyl (C=O) groups excluding carboxylic acids is 1. The molecule has 0 aromatic heterocycles. The van der Waals surface area contributed by atoms with E-state index in [1.807, 2.05) is 25.7 Å². The number of hydrogen-bond donors (Lipinski definition) is 2. The zero-order chi connectivity index (χ0) is 13.9. The molecule has 0 radical (unpaired) electrons. The second-order valence-electron chi connectivity index (χ2n) is 6.35. The molecule has 1 heterocycles. The van der Waals surface area contributed by atoms with Crippen LogP contribution in [0.1, 0.15) is 34.1 Å².